The van der Waals surface area contributed by atoms with Gasteiger partial charge in [-0.3, -0.25) is 0 Å². The first kappa shape index (κ1) is 13.1. The van der Waals surface area contributed by atoms with Gasteiger partial charge in [-0.2, -0.15) is 0 Å². The minimum absolute atomic E-state index is 0.0672. The van der Waals surface area contributed by atoms with Gasteiger partial charge in [-0.25, -0.2) is 9.59 Å². The van der Waals surface area contributed by atoms with Crippen molar-refractivity contribution in [1.82, 2.24) is 10.2 Å². The summed E-state index contributed by atoms with van der Waals surface area (Å²) in [5.41, 5.74) is 0. The molecule has 0 spiro atoms. The maximum absolute atomic E-state index is 11.9. The van der Waals surface area contributed by atoms with E-state index in [0.717, 1.165) is 12.8 Å². The van der Waals surface area contributed by atoms with E-state index in [2.05, 4.69) is 5.32 Å². The van der Waals surface area contributed by atoms with Crippen molar-refractivity contribution in [2.24, 2.45) is 0 Å². The summed E-state index contributed by atoms with van der Waals surface area (Å²) in [6, 6.07) is 0.327. The Bertz CT molecular complexity index is 330. The first-order chi connectivity index (χ1) is 8.61. The molecule has 2 aliphatic rings. The van der Waals surface area contributed by atoms with Crippen LogP contribution in [0.2, 0.25) is 0 Å². The number of carboxylic acid groups (broad SMARTS) is 1. The number of hydrogen-bond donors (Lipinski definition) is 2. The first-order valence-corrected chi connectivity index (χ1v) is 6.54. The van der Waals surface area contributed by atoms with Crippen molar-refractivity contribution in [3.63, 3.8) is 0 Å². The number of nitrogens with zero attached hydrogens (tertiary/aromatic N) is 1. The van der Waals surface area contributed by atoms with Crippen LogP contribution in [0.15, 0.2) is 0 Å². The van der Waals surface area contributed by atoms with Gasteiger partial charge in [0.25, 0.3) is 0 Å². The lowest BCUT2D eigenvalue weighted by atomic mass is 10.2. The average molecular weight is 256 g/mol. The Labute approximate surface area is 106 Å². The zero-order valence-corrected chi connectivity index (χ0v) is 10.6. The fourth-order valence-electron chi connectivity index (χ4n) is 2.29. The molecule has 0 aromatic carbocycles. The van der Waals surface area contributed by atoms with Crippen molar-refractivity contribution in [1.29, 1.82) is 0 Å². The number of hydrogen-bond acceptors (Lipinski definition) is 3. The summed E-state index contributed by atoms with van der Waals surface area (Å²) >= 11 is 0. The number of nitrogens with one attached hydrogen (secondary N) is 1. The van der Waals surface area contributed by atoms with E-state index in [1.54, 1.807) is 0 Å². The molecular weight excluding hydrogens is 236 g/mol. The van der Waals surface area contributed by atoms with Crippen LogP contribution >= 0.6 is 0 Å². The molecule has 0 bridgehead atoms. The van der Waals surface area contributed by atoms with Gasteiger partial charge in [0.2, 0.25) is 0 Å². The van der Waals surface area contributed by atoms with Crippen molar-refractivity contribution < 1.29 is 19.4 Å². The van der Waals surface area contributed by atoms with Gasteiger partial charge in [-0.1, -0.05) is 0 Å². The molecule has 1 heterocycles. The van der Waals surface area contributed by atoms with E-state index in [4.69, 9.17) is 9.84 Å². The molecule has 2 N–H and O–H groups in total. The lowest BCUT2D eigenvalue weighted by Gasteiger charge is -2.22. The highest BCUT2D eigenvalue weighted by Gasteiger charge is 2.33. The van der Waals surface area contributed by atoms with Crippen molar-refractivity contribution in [2.75, 3.05) is 13.1 Å². The number of carbonyl (C=O) groups is 2. The van der Waals surface area contributed by atoms with Gasteiger partial charge < -0.3 is 20.1 Å². The highest BCUT2D eigenvalue weighted by Crippen LogP contribution is 2.26. The van der Waals surface area contributed by atoms with Gasteiger partial charge in [-0.15, -0.1) is 0 Å². The standard InChI is InChI=1S/C12H20N2O4/c1-2-14(8-3-4-8)12(17)13-7-9-5-6-10(18-9)11(15)16/h8-10H,2-7H2,1H3,(H,13,17)(H,15,16). The van der Waals surface area contributed by atoms with Crippen LogP contribution in [0.5, 0.6) is 0 Å². The second-order valence-electron chi connectivity index (χ2n) is 4.87. The summed E-state index contributed by atoms with van der Waals surface area (Å²) in [7, 11) is 0. The third-order valence-corrected chi connectivity index (χ3v) is 3.45. The van der Waals surface area contributed by atoms with Gasteiger partial charge in [0.15, 0.2) is 6.10 Å². The molecule has 1 aliphatic heterocycles. The monoisotopic (exact) mass is 256 g/mol. The maximum Gasteiger partial charge on any atom is 0.332 e. The Morgan fingerprint density at radius 2 is 2.06 bits per heavy atom. The topological polar surface area (TPSA) is 78.9 Å². The van der Waals surface area contributed by atoms with Gasteiger partial charge in [0.1, 0.15) is 0 Å². The predicted octanol–water partition coefficient (Wildman–Crippen LogP) is 0.812. The second kappa shape index (κ2) is 5.56. The molecule has 2 unspecified atom stereocenters. The number of amides is 2. The first-order valence-electron chi connectivity index (χ1n) is 6.54. The summed E-state index contributed by atoms with van der Waals surface area (Å²) in [6.07, 6.45) is 2.50. The summed E-state index contributed by atoms with van der Waals surface area (Å²) in [4.78, 5) is 24.4. The van der Waals surface area contributed by atoms with Crippen LogP contribution < -0.4 is 5.32 Å². The Hall–Kier alpha value is -1.30. The van der Waals surface area contributed by atoms with Crippen LogP contribution in [-0.2, 0) is 9.53 Å². The average Bonchev–Trinajstić information content (AvgIpc) is 3.05. The molecule has 6 heteroatoms. The van der Waals surface area contributed by atoms with E-state index in [9.17, 15) is 9.59 Å². The normalized spacial score (nSPS) is 26.9. The van der Waals surface area contributed by atoms with E-state index in [0.29, 0.717) is 32.0 Å². The van der Waals surface area contributed by atoms with Gasteiger partial charge in [0.05, 0.1) is 6.10 Å². The van der Waals surface area contributed by atoms with E-state index in [1.165, 1.54) is 0 Å². The fraction of sp³-hybridized carbons (Fsp3) is 0.833. The number of aliphatic carboxylic acids is 1. The van der Waals surface area contributed by atoms with Crippen LogP contribution in [0.3, 0.4) is 0 Å². The SMILES string of the molecule is CCN(C(=O)NCC1CCC(C(=O)O)O1)C1CC1. The lowest BCUT2D eigenvalue weighted by Crippen LogP contribution is -2.44. The molecule has 0 radical (unpaired) electrons. The summed E-state index contributed by atoms with van der Waals surface area (Å²) in [6.45, 7) is 3.07. The summed E-state index contributed by atoms with van der Waals surface area (Å²) in [5, 5.41) is 11.6. The molecule has 1 saturated heterocycles. The number of carbonyl (C=O) groups excluding carboxylic acids is 1. The molecule has 2 fully saturated rings. The molecule has 6 nitrogen and oxygen atoms in total. The van der Waals surface area contributed by atoms with Crippen LogP contribution in [0.4, 0.5) is 4.79 Å². The third-order valence-electron chi connectivity index (χ3n) is 3.45. The van der Waals surface area contributed by atoms with Crippen LogP contribution in [-0.4, -0.2) is 53.3 Å². The Morgan fingerprint density at radius 1 is 1.33 bits per heavy atom. The Balaban J connectivity index is 1.71. The molecular formula is C12H20N2O4. The van der Waals surface area contributed by atoms with E-state index < -0.39 is 12.1 Å². The van der Waals surface area contributed by atoms with Crippen LogP contribution in [0.25, 0.3) is 0 Å². The number of urea groups is 1. The molecule has 1 aliphatic carbocycles. The Morgan fingerprint density at radius 3 is 2.56 bits per heavy atom. The number of rotatable bonds is 5. The highest BCUT2D eigenvalue weighted by molar-refractivity contribution is 5.75. The van der Waals surface area contributed by atoms with Crippen molar-refractivity contribution in [3.8, 4) is 0 Å². The molecule has 0 aromatic rings. The maximum atomic E-state index is 11.9. The smallest absolute Gasteiger partial charge is 0.332 e. The molecule has 0 aromatic heterocycles. The van der Waals surface area contributed by atoms with Crippen LogP contribution in [0, 0.1) is 0 Å². The highest BCUT2D eigenvalue weighted by atomic mass is 16.5. The number of carboxylic acids is 1. The third kappa shape index (κ3) is 3.13. The minimum Gasteiger partial charge on any atom is -0.479 e. The van der Waals surface area contributed by atoms with Gasteiger partial charge in [-0.05, 0) is 32.6 Å². The number of ether oxygens (including phenoxy) is 1. The van der Waals surface area contributed by atoms with E-state index in [-0.39, 0.29) is 12.1 Å². The van der Waals surface area contributed by atoms with Gasteiger partial charge >= 0.3 is 12.0 Å². The molecule has 2 rings (SSSR count). The molecule has 18 heavy (non-hydrogen) atoms. The second-order valence-corrected chi connectivity index (χ2v) is 4.87. The van der Waals surface area contributed by atoms with Crippen molar-refractivity contribution in [3.05, 3.63) is 0 Å². The zero-order valence-electron chi connectivity index (χ0n) is 10.6. The van der Waals surface area contributed by atoms with Crippen molar-refractivity contribution >= 4 is 12.0 Å². The van der Waals surface area contributed by atoms with Crippen molar-refractivity contribution in [2.45, 2.75) is 50.9 Å². The summed E-state index contributed by atoms with van der Waals surface area (Å²) < 4.78 is 5.33. The minimum atomic E-state index is -0.919. The summed E-state index contributed by atoms with van der Waals surface area (Å²) in [5.74, 6) is -0.919. The van der Waals surface area contributed by atoms with E-state index in [1.807, 2.05) is 11.8 Å². The fourth-order valence-corrected chi connectivity index (χ4v) is 2.29. The van der Waals surface area contributed by atoms with E-state index >= 15 is 0 Å². The largest absolute Gasteiger partial charge is 0.479 e. The lowest BCUT2D eigenvalue weighted by molar-refractivity contribution is -0.149. The Kier molecular flexibility index (Phi) is 4.06. The van der Waals surface area contributed by atoms with Crippen LogP contribution in [0.1, 0.15) is 32.6 Å². The quantitative estimate of drug-likeness (QED) is 0.763. The molecule has 1 saturated carbocycles. The predicted molar refractivity (Wildman–Crippen MR) is 64.3 cm³/mol. The zero-order chi connectivity index (χ0) is 13.1. The molecule has 102 valence electrons. The van der Waals surface area contributed by atoms with Gasteiger partial charge in [0, 0.05) is 19.1 Å². The molecule has 2 amide bonds. The molecule has 2 atom stereocenters.